The highest BCUT2D eigenvalue weighted by Gasteiger charge is 2.24. The molecule has 140 valence electrons. The van der Waals surface area contributed by atoms with Crippen LogP contribution in [0.1, 0.15) is 34.3 Å². The van der Waals surface area contributed by atoms with Crippen molar-refractivity contribution in [3.05, 3.63) is 65.0 Å². The van der Waals surface area contributed by atoms with Gasteiger partial charge in [-0.05, 0) is 55.2 Å². The van der Waals surface area contributed by atoms with E-state index < -0.39 is 0 Å². The first-order chi connectivity index (χ1) is 12.0. The van der Waals surface area contributed by atoms with Crippen molar-refractivity contribution in [2.24, 2.45) is 0 Å². The molecule has 0 spiro atoms. The molecule has 2 aromatic carbocycles. The van der Waals surface area contributed by atoms with Crippen LogP contribution in [0.25, 0.3) is 0 Å². The molecule has 4 nitrogen and oxygen atoms in total. The highest BCUT2D eigenvalue weighted by Crippen LogP contribution is 2.20. The fraction of sp³-hybridized carbons (Fsp3) is 0.350. The van der Waals surface area contributed by atoms with Gasteiger partial charge in [0.1, 0.15) is 5.82 Å². The van der Waals surface area contributed by atoms with E-state index in [1.165, 1.54) is 12.1 Å². The molecule has 26 heavy (non-hydrogen) atoms. The second-order valence-corrected chi connectivity index (χ2v) is 6.52. The lowest BCUT2D eigenvalue weighted by molar-refractivity contribution is 0.0506. The van der Waals surface area contributed by atoms with E-state index in [-0.39, 0.29) is 30.2 Å². The monoisotopic (exact) mass is 378 g/mol. The average molecular weight is 379 g/mol. The van der Waals surface area contributed by atoms with E-state index in [9.17, 15) is 9.18 Å². The van der Waals surface area contributed by atoms with Crippen LogP contribution in [0.15, 0.2) is 42.5 Å². The van der Waals surface area contributed by atoms with Gasteiger partial charge in [0.25, 0.3) is 5.91 Å². The first-order valence-corrected chi connectivity index (χ1v) is 8.54. The smallest absolute Gasteiger partial charge is 0.254 e. The predicted molar refractivity (Wildman–Crippen MR) is 103 cm³/mol. The second kappa shape index (κ2) is 9.01. The number of carbonyl (C=O) groups excluding carboxylic acids is 1. The van der Waals surface area contributed by atoms with Crippen LogP contribution in [0, 0.1) is 12.7 Å². The number of amides is 1. The van der Waals surface area contributed by atoms with E-state index in [0.29, 0.717) is 24.3 Å². The summed E-state index contributed by atoms with van der Waals surface area (Å²) in [6, 6.07) is 11.7. The van der Waals surface area contributed by atoms with E-state index in [4.69, 9.17) is 10.5 Å². The molecular weight excluding hydrogens is 355 g/mol. The van der Waals surface area contributed by atoms with Crippen LogP contribution >= 0.6 is 12.4 Å². The molecule has 1 saturated heterocycles. The molecule has 1 heterocycles. The quantitative estimate of drug-likeness (QED) is 0.801. The van der Waals surface area contributed by atoms with E-state index in [0.717, 1.165) is 30.6 Å². The molecule has 1 atom stereocenters. The van der Waals surface area contributed by atoms with Crippen molar-refractivity contribution in [2.75, 3.05) is 18.9 Å². The van der Waals surface area contributed by atoms with E-state index in [2.05, 4.69) is 0 Å². The van der Waals surface area contributed by atoms with Crippen LogP contribution in [0.3, 0.4) is 0 Å². The third-order valence-electron chi connectivity index (χ3n) is 4.49. The van der Waals surface area contributed by atoms with Crippen molar-refractivity contribution < 1.29 is 13.9 Å². The maximum absolute atomic E-state index is 13.5. The van der Waals surface area contributed by atoms with E-state index in [1.807, 2.05) is 19.1 Å². The van der Waals surface area contributed by atoms with Gasteiger partial charge in [-0.2, -0.15) is 0 Å². The number of hydrogen-bond acceptors (Lipinski definition) is 3. The molecule has 0 aromatic heterocycles. The lowest BCUT2D eigenvalue weighted by atomic mass is 10.1. The van der Waals surface area contributed by atoms with Crippen molar-refractivity contribution >= 4 is 24.0 Å². The molecule has 0 radical (unpaired) electrons. The zero-order valence-electron chi connectivity index (χ0n) is 14.8. The number of aryl methyl sites for hydroxylation is 1. The number of hydrogen-bond donors (Lipinski definition) is 1. The Morgan fingerprint density at radius 2 is 2.12 bits per heavy atom. The summed E-state index contributed by atoms with van der Waals surface area (Å²) in [7, 11) is 0. The maximum Gasteiger partial charge on any atom is 0.254 e. The number of nitrogens with zero attached hydrogens (tertiary/aromatic N) is 1. The summed E-state index contributed by atoms with van der Waals surface area (Å²) in [6.45, 7) is 3.44. The Bertz CT molecular complexity index is 763. The first-order valence-electron chi connectivity index (χ1n) is 8.54. The van der Waals surface area contributed by atoms with Crippen molar-refractivity contribution in [3.8, 4) is 0 Å². The number of benzene rings is 2. The van der Waals surface area contributed by atoms with Crippen LogP contribution in [0.5, 0.6) is 0 Å². The van der Waals surface area contributed by atoms with Gasteiger partial charge in [-0.1, -0.05) is 18.2 Å². The summed E-state index contributed by atoms with van der Waals surface area (Å²) in [5.74, 6) is -0.410. The fourth-order valence-electron chi connectivity index (χ4n) is 3.15. The zero-order valence-corrected chi connectivity index (χ0v) is 15.6. The molecule has 6 heteroatoms. The van der Waals surface area contributed by atoms with Gasteiger partial charge in [0, 0.05) is 30.9 Å². The summed E-state index contributed by atoms with van der Waals surface area (Å²) in [4.78, 5) is 14.8. The summed E-state index contributed by atoms with van der Waals surface area (Å²) in [5, 5.41) is 0. The van der Waals surface area contributed by atoms with Crippen LogP contribution in [0.4, 0.5) is 10.1 Å². The highest BCUT2D eigenvalue weighted by molar-refractivity contribution is 5.96. The highest BCUT2D eigenvalue weighted by atomic mass is 35.5. The van der Waals surface area contributed by atoms with Crippen molar-refractivity contribution in [2.45, 2.75) is 32.4 Å². The third kappa shape index (κ3) is 4.96. The Hall–Kier alpha value is -2.11. The third-order valence-corrected chi connectivity index (χ3v) is 4.49. The van der Waals surface area contributed by atoms with Gasteiger partial charge >= 0.3 is 0 Å². The standard InChI is InChI=1S/C20H23FN2O2.ClH/c1-14-7-8-17(22)11-19(14)20(24)23(13-18-6-3-9-25-18)12-15-4-2-5-16(21)10-15;/h2,4-5,7-8,10-11,18H,3,6,9,12-13,22H2,1H3;1H. The zero-order chi connectivity index (χ0) is 17.8. The van der Waals surface area contributed by atoms with Gasteiger partial charge in [0.05, 0.1) is 6.10 Å². The molecule has 1 fully saturated rings. The Kier molecular flexibility index (Phi) is 7.00. The number of ether oxygens (including phenoxy) is 1. The van der Waals surface area contributed by atoms with E-state index >= 15 is 0 Å². The number of anilines is 1. The lowest BCUT2D eigenvalue weighted by Crippen LogP contribution is -2.37. The minimum absolute atomic E-state index is 0. The van der Waals surface area contributed by atoms with Crippen LogP contribution in [0.2, 0.25) is 0 Å². The topological polar surface area (TPSA) is 55.6 Å². The van der Waals surface area contributed by atoms with Crippen molar-refractivity contribution in [3.63, 3.8) is 0 Å². The molecule has 1 aliphatic heterocycles. The molecular formula is C20H24ClFN2O2. The number of nitrogen functional groups attached to an aromatic ring is 1. The number of carbonyl (C=O) groups is 1. The molecule has 2 aromatic rings. The first kappa shape index (κ1) is 20.2. The Labute approximate surface area is 159 Å². The van der Waals surface area contributed by atoms with Gasteiger partial charge in [-0.25, -0.2) is 4.39 Å². The van der Waals surface area contributed by atoms with Gasteiger partial charge in [-0.15, -0.1) is 12.4 Å². The Morgan fingerprint density at radius 3 is 2.81 bits per heavy atom. The molecule has 3 rings (SSSR count). The molecule has 0 saturated carbocycles. The average Bonchev–Trinajstić information content (AvgIpc) is 3.09. The van der Waals surface area contributed by atoms with Crippen LogP contribution in [-0.2, 0) is 11.3 Å². The largest absolute Gasteiger partial charge is 0.399 e. The molecule has 1 unspecified atom stereocenters. The normalized spacial score (nSPS) is 16.2. The summed E-state index contributed by atoms with van der Waals surface area (Å²) >= 11 is 0. The fourth-order valence-corrected chi connectivity index (χ4v) is 3.15. The number of halogens is 2. The van der Waals surface area contributed by atoms with Gasteiger partial charge in [0.15, 0.2) is 0 Å². The molecule has 0 aliphatic carbocycles. The van der Waals surface area contributed by atoms with Gasteiger partial charge in [0.2, 0.25) is 0 Å². The van der Waals surface area contributed by atoms with Crippen molar-refractivity contribution in [1.29, 1.82) is 0 Å². The van der Waals surface area contributed by atoms with Crippen LogP contribution < -0.4 is 5.73 Å². The summed E-state index contributed by atoms with van der Waals surface area (Å²) < 4.78 is 19.2. The Morgan fingerprint density at radius 1 is 1.31 bits per heavy atom. The number of rotatable bonds is 5. The summed E-state index contributed by atoms with van der Waals surface area (Å²) in [6.07, 6.45) is 1.96. The van der Waals surface area contributed by atoms with Gasteiger partial charge < -0.3 is 15.4 Å². The van der Waals surface area contributed by atoms with Gasteiger partial charge in [-0.3, -0.25) is 4.79 Å². The Balaban J connectivity index is 0.00000243. The molecule has 0 bridgehead atoms. The maximum atomic E-state index is 13.5. The van der Waals surface area contributed by atoms with E-state index in [1.54, 1.807) is 23.1 Å². The minimum atomic E-state index is -0.304. The predicted octanol–water partition coefficient (Wildman–Crippen LogP) is 3.96. The van der Waals surface area contributed by atoms with Crippen LogP contribution in [-0.4, -0.2) is 30.1 Å². The lowest BCUT2D eigenvalue weighted by Gasteiger charge is -2.26. The number of nitrogens with two attached hydrogens (primary N) is 1. The minimum Gasteiger partial charge on any atom is -0.399 e. The second-order valence-electron chi connectivity index (χ2n) is 6.52. The summed E-state index contributed by atoms with van der Waals surface area (Å²) in [5.41, 5.74) is 8.62. The molecule has 2 N–H and O–H groups in total. The molecule has 1 amide bonds. The SMILES string of the molecule is Cc1ccc(N)cc1C(=O)N(Cc1cccc(F)c1)CC1CCCO1.Cl. The van der Waals surface area contributed by atoms with Crippen molar-refractivity contribution in [1.82, 2.24) is 4.90 Å². The molecule has 1 aliphatic rings.